The summed E-state index contributed by atoms with van der Waals surface area (Å²) < 4.78 is 5.75. The summed E-state index contributed by atoms with van der Waals surface area (Å²) >= 11 is 12.8. The highest BCUT2D eigenvalue weighted by atomic mass is 35.5. The predicted molar refractivity (Wildman–Crippen MR) is 103 cm³/mol. The predicted octanol–water partition coefficient (Wildman–Crippen LogP) is 5.11. The van der Waals surface area contributed by atoms with Crippen LogP contribution in [0.2, 0.25) is 10.0 Å². The van der Waals surface area contributed by atoms with E-state index in [0.717, 1.165) is 5.56 Å². The molecule has 0 unspecified atom stereocenters. The highest BCUT2D eigenvalue weighted by Crippen LogP contribution is 2.39. The van der Waals surface area contributed by atoms with Gasteiger partial charge in [-0.15, -0.1) is 0 Å². The fraction of sp³-hybridized carbons (Fsp3) is 0.100. The number of aryl methyl sites for hydroxylation is 1. The molecule has 3 rings (SSSR count). The van der Waals surface area contributed by atoms with Crippen molar-refractivity contribution in [3.8, 4) is 22.9 Å². The number of hydrogen-bond donors (Lipinski definition) is 1. The normalized spacial score (nSPS) is 10.4. The molecule has 1 heterocycles. The van der Waals surface area contributed by atoms with Crippen molar-refractivity contribution < 1.29 is 4.74 Å². The lowest BCUT2D eigenvalue weighted by Crippen LogP contribution is -2.13. The summed E-state index contributed by atoms with van der Waals surface area (Å²) in [6.45, 7) is 2.10. The van der Waals surface area contributed by atoms with Crippen LogP contribution >= 0.6 is 23.2 Å². The second-order valence-corrected chi connectivity index (χ2v) is 6.53. The van der Waals surface area contributed by atoms with Crippen LogP contribution in [-0.2, 0) is 6.61 Å². The summed E-state index contributed by atoms with van der Waals surface area (Å²) in [6.07, 6.45) is 0. The van der Waals surface area contributed by atoms with Gasteiger partial charge in [0.05, 0.1) is 10.0 Å². The average molecular weight is 385 g/mol. The summed E-state index contributed by atoms with van der Waals surface area (Å²) in [5.74, 6) is 0.507. The first-order valence-electron chi connectivity index (χ1n) is 7.79. The van der Waals surface area contributed by atoms with Gasteiger partial charge in [-0.2, -0.15) is 5.26 Å². The third-order valence-electron chi connectivity index (χ3n) is 3.81. The first-order chi connectivity index (χ1) is 12.5. The van der Waals surface area contributed by atoms with Crippen molar-refractivity contribution >= 4 is 23.2 Å². The van der Waals surface area contributed by atoms with Gasteiger partial charge in [0.25, 0.3) is 5.56 Å². The Morgan fingerprint density at radius 3 is 2.38 bits per heavy atom. The van der Waals surface area contributed by atoms with E-state index in [-0.39, 0.29) is 5.56 Å². The molecule has 0 saturated heterocycles. The lowest BCUT2D eigenvalue weighted by molar-refractivity contribution is 0.306. The molecule has 0 bridgehead atoms. The largest absolute Gasteiger partial charge is 0.489 e. The number of aromatic nitrogens is 1. The zero-order chi connectivity index (χ0) is 18.7. The third-order valence-corrected chi connectivity index (χ3v) is 4.41. The fourth-order valence-electron chi connectivity index (χ4n) is 2.63. The maximum Gasteiger partial charge on any atom is 0.266 e. The molecule has 0 fully saturated rings. The Kier molecular flexibility index (Phi) is 5.32. The standard InChI is InChI=1S/C20H14Cl2N2O2/c1-12-7-15(16(10-23)20(25)24-12)19-17(21)8-14(9-18(19)22)26-11-13-5-3-2-4-6-13/h2-9H,11H2,1H3,(H,24,25). The van der Waals surface area contributed by atoms with E-state index in [0.29, 0.717) is 39.2 Å². The number of halogens is 2. The summed E-state index contributed by atoms with van der Waals surface area (Å²) in [6, 6.07) is 16.6. The molecule has 130 valence electrons. The van der Waals surface area contributed by atoms with E-state index in [2.05, 4.69) is 4.98 Å². The molecule has 0 aliphatic rings. The molecule has 0 radical (unpaired) electrons. The van der Waals surface area contributed by atoms with Gasteiger partial charge in [-0.3, -0.25) is 4.79 Å². The molecular formula is C20H14Cl2N2O2. The number of pyridine rings is 1. The van der Waals surface area contributed by atoms with Gasteiger partial charge >= 0.3 is 0 Å². The fourth-order valence-corrected chi connectivity index (χ4v) is 3.30. The number of hydrogen-bond acceptors (Lipinski definition) is 3. The molecule has 0 atom stereocenters. The van der Waals surface area contributed by atoms with Crippen molar-refractivity contribution in [1.82, 2.24) is 4.98 Å². The topological polar surface area (TPSA) is 65.9 Å². The van der Waals surface area contributed by atoms with Crippen LogP contribution in [0.4, 0.5) is 0 Å². The molecule has 2 aromatic carbocycles. The molecule has 3 aromatic rings. The van der Waals surface area contributed by atoms with Crippen LogP contribution in [0.3, 0.4) is 0 Å². The maximum absolute atomic E-state index is 12.0. The molecule has 4 nitrogen and oxygen atoms in total. The number of rotatable bonds is 4. The molecule has 6 heteroatoms. The van der Waals surface area contributed by atoms with E-state index in [1.807, 2.05) is 36.4 Å². The zero-order valence-corrected chi connectivity index (χ0v) is 15.4. The molecule has 1 N–H and O–H groups in total. The van der Waals surface area contributed by atoms with Gasteiger partial charge in [-0.25, -0.2) is 0 Å². The van der Waals surface area contributed by atoms with Gasteiger partial charge in [0.2, 0.25) is 0 Å². The van der Waals surface area contributed by atoms with Crippen LogP contribution in [0.25, 0.3) is 11.1 Å². The Morgan fingerprint density at radius 1 is 1.12 bits per heavy atom. The van der Waals surface area contributed by atoms with E-state index in [9.17, 15) is 10.1 Å². The van der Waals surface area contributed by atoms with Crippen LogP contribution in [0.1, 0.15) is 16.8 Å². The number of nitriles is 1. The smallest absolute Gasteiger partial charge is 0.266 e. The Bertz CT molecular complexity index is 1030. The average Bonchev–Trinajstić information content (AvgIpc) is 2.60. The molecule has 26 heavy (non-hydrogen) atoms. The van der Waals surface area contributed by atoms with Crippen LogP contribution < -0.4 is 10.3 Å². The van der Waals surface area contributed by atoms with Crippen molar-refractivity contribution in [3.63, 3.8) is 0 Å². The Labute approximate surface area is 160 Å². The highest BCUT2D eigenvalue weighted by molar-refractivity contribution is 6.39. The minimum Gasteiger partial charge on any atom is -0.489 e. The van der Waals surface area contributed by atoms with Gasteiger partial charge in [0.15, 0.2) is 0 Å². The lowest BCUT2D eigenvalue weighted by atomic mass is 10.0. The first kappa shape index (κ1) is 18.1. The number of nitrogens with zero attached hydrogens (tertiary/aromatic N) is 1. The van der Waals surface area contributed by atoms with E-state index >= 15 is 0 Å². The Morgan fingerprint density at radius 2 is 1.77 bits per heavy atom. The number of aromatic amines is 1. The van der Waals surface area contributed by atoms with E-state index in [1.54, 1.807) is 25.1 Å². The van der Waals surface area contributed by atoms with Crippen molar-refractivity contribution in [3.05, 3.63) is 85.8 Å². The van der Waals surface area contributed by atoms with Crippen LogP contribution in [0.5, 0.6) is 5.75 Å². The van der Waals surface area contributed by atoms with Crippen molar-refractivity contribution in [2.45, 2.75) is 13.5 Å². The SMILES string of the molecule is Cc1cc(-c2c(Cl)cc(OCc3ccccc3)cc2Cl)c(C#N)c(=O)[nH]1. The van der Waals surface area contributed by atoms with Crippen LogP contribution in [-0.4, -0.2) is 4.98 Å². The summed E-state index contributed by atoms with van der Waals surface area (Å²) in [5.41, 5.74) is 1.96. The highest BCUT2D eigenvalue weighted by Gasteiger charge is 2.17. The van der Waals surface area contributed by atoms with Crippen molar-refractivity contribution in [2.24, 2.45) is 0 Å². The van der Waals surface area contributed by atoms with Gasteiger partial charge in [-0.05, 0) is 30.7 Å². The minimum absolute atomic E-state index is 0.0302. The Hall–Kier alpha value is -2.74. The molecule has 0 amide bonds. The first-order valence-corrected chi connectivity index (χ1v) is 8.55. The second-order valence-electron chi connectivity index (χ2n) is 5.72. The summed E-state index contributed by atoms with van der Waals surface area (Å²) in [5, 5.41) is 9.93. The van der Waals surface area contributed by atoms with Crippen LogP contribution in [0, 0.1) is 18.3 Å². The van der Waals surface area contributed by atoms with Crippen molar-refractivity contribution in [1.29, 1.82) is 5.26 Å². The number of ether oxygens (including phenoxy) is 1. The van der Waals surface area contributed by atoms with Gasteiger partial charge in [0.1, 0.15) is 24.0 Å². The summed E-state index contributed by atoms with van der Waals surface area (Å²) in [7, 11) is 0. The molecule has 0 aliphatic heterocycles. The van der Waals surface area contributed by atoms with Crippen LogP contribution in [0.15, 0.2) is 53.3 Å². The van der Waals surface area contributed by atoms with Gasteiger partial charge < -0.3 is 9.72 Å². The zero-order valence-electron chi connectivity index (χ0n) is 13.8. The van der Waals surface area contributed by atoms with E-state index in [1.165, 1.54) is 0 Å². The molecule has 0 spiro atoms. The number of nitrogens with one attached hydrogen (secondary N) is 1. The van der Waals surface area contributed by atoms with Gasteiger partial charge in [-0.1, -0.05) is 53.5 Å². The number of H-pyrrole nitrogens is 1. The van der Waals surface area contributed by atoms with Crippen molar-refractivity contribution in [2.75, 3.05) is 0 Å². The third kappa shape index (κ3) is 3.75. The lowest BCUT2D eigenvalue weighted by Gasteiger charge is -2.13. The maximum atomic E-state index is 12.0. The van der Waals surface area contributed by atoms with E-state index < -0.39 is 5.56 Å². The monoisotopic (exact) mass is 384 g/mol. The quantitative estimate of drug-likeness (QED) is 0.679. The molecule has 0 saturated carbocycles. The number of benzene rings is 2. The molecular weight excluding hydrogens is 371 g/mol. The van der Waals surface area contributed by atoms with Gasteiger partial charge in [0, 0.05) is 16.8 Å². The molecule has 1 aromatic heterocycles. The van der Waals surface area contributed by atoms with E-state index in [4.69, 9.17) is 27.9 Å². The molecule has 0 aliphatic carbocycles. The Balaban J connectivity index is 1.99. The minimum atomic E-state index is -0.473. The summed E-state index contributed by atoms with van der Waals surface area (Å²) in [4.78, 5) is 14.6. The second kappa shape index (κ2) is 7.65.